The highest BCUT2D eigenvalue weighted by molar-refractivity contribution is 6.34. The van der Waals surface area contributed by atoms with Crippen LogP contribution in [-0.2, 0) is 12.9 Å². The Hall–Kier alpha value is -0.800. The molecule has 0 aromatic carbocycles. The normalized spacial score (nSPS) is 11.0. The third-order valence-electron chi connectivity index (χ3n) is 1.95. The van der Waals surface area contributed by atoms with Gasteiger partial charge >= 0.3 is 0 Å². The van der Waals surface area contributed by atoms with Gasteiger partial charge in [0.15, 0.2) is 0 Å². The Balaban J connectivity index is 2.85. The summed E-state index contributed by atoms with van der Waals surface area (Å²) in [6.07, 6.45) is 3.28. The third kappa shape index (κ3) is 1.28. The minimum absolute atomic E-state index is 0.376. The average molecular weight is 216 g/mol. The molecule has 2 rings (SSSR count). The third-order valence-corrected chi connectivity index (χ3v) is 2.46. The summed E-state index contributed by atoms with van der Waals surface area (Å²) in [7, 11) is 1.89. The number of hydrogen-bond acceptors (Lipinski definition) is 2. The van der Waals surface area contributed by atoms with Gasteiger partial charge in [-0.25, -0.2) is 4.98 Å². The number of alkyl halides is 1. The van der Waals surface area contributed by atoms with Crippen LogP contribution < -0.4 is 0 Å². The monoisotopic (exact) mass is 215 g/mol. The number of hydrogen-bond donors (Lipinski definition) is 0. The smallest absolute Gasteiger partial charge is 0.124 e. The zero-order valence-electron chi connectivity index (χ0n) is 6.96. The van der Waals surface area contributed by atoms with Crippen molar-refractivity contribution in [2.45, 2.75) is 5.88 Å². The second-order valence-electron chi connectivity index (χ2n) is 2.71. The van der Waals surface area contributed by atoms with Gasteiger partial charge < -0.3 is 4.57 Å². The van der Waals surface area contributed by atoms with Crippen molar-refractivity contribution >= 4 is 34.2 Å². The Morgan fingerprint density at radius 1 is 1.46 bits per heavy atom. The van der Waals surface area contributed by atoms with Gasteiger partial charge in [0.1, 0.15) is 11.3 Å². The number of nitrogens with zero attached hydrogens (tertiary/aromatic N) is 3. The lowest BCUT2D eigenvalue weighted by atomic mass is 10.4. The zero-order valence-corrected chi connectivity index (χ0v) is 8.47. The number of fused-ring (bicyclic) bond motifs is 1. The number of imidazole rings is 1. The highest BCUT2D eigenvalue weighted by Crippen LogP contribution is 2.22. The van der Waals surface area contributed by atoms with E-state index in [1.54, 1.807) is 12.4 Å². The van der Waals surface area contributed by atoms with Crippen molar-refractivity contribution in [3.05, 3.63) is 23.2 Å². The van der Waals surface area contributed by atoms with E-state index in [4.69, 9.17) is 23.2 Å². The maximum Gasteiger partial charge on any atom is 0.124 e. The number of aromatic nitrogens is 3. The molecule has 2 aromatic rings. The molecule has 0 aliphatic carbocycles. The second-order valence-corrected chi connectivity index (χ2v) is 3.38. The molecule has 0 aliphatic heterocycles. The van der Waals surface area contributed by atoms with Crippen LogP contribution in [0.5, 0.6) is 0 Å². The van der Waals surface area contributed by atoms with Crippen LogP contribution in [0.2, 0.25) is 5.02 Å². The first kappa shape index (κ1) is 8.78. The van der Waals surface area contributed by atoms with Gasteiger partial charge in [0.25, 0.3) is 0 Å². The molecule has 0 bridgehead atoms. The molecule has 0 amide bonds. The maximum absolute atomic E-state index is 5.97. The number of pyridine rings is 1. The predicted octanol–water partition coefficient (Wildman–Crippen LogP) is 2.36. The molecule has 5 heteroatoms. The molecule has 68 valence electrons. The molecule has 0 saturated heterocycles. The summed E-state index contributed by atoms with van der Waals surface area (Å²) in [6.45, 7) is 0. The first-order valence-corrected chi connectivity index (χ1v) is 4.66. The molecule has 0 aliphatic rings. The van der Waals surface area contributed by atoms with Gasteiger partial charge in [-0.3, -0.25) is 4.98 Å². The molecular formula is C8H7Cl2N3. The summed E-state index contributed by atoms with van der Waals surface area (Å²) in [4.78, 5) is 8.23. The van der Waals surface area contributed by atoms with Crippen LogP contribution in [0.4, 0.5) is 0 Å². The van der Waals surface area contributed by atoms with Gasteiger partial charge in [-0.15, -0.1) is 11.6 Å². The lowest BCUT2D eigenvalue weighted by molar-refractivity contribution is 0.873. The van der Waals surface area contributed by atoms with Crippen molar-refractivity contribution in [1.29, 1.82) is 0 Å². The molecule has 0 unspecified atom stereocenters. The number of halogens is 2. The molecule has 0 radical (unpaired) electrons. The van der Waals surface area contributed by atoms with Crippen LogP contribution in [0.25, 0.3) is 11.0 Å². The Morgan fingerprint density at radius 3 is 2.85 bits per heavy atom. The quantitative estimate of drug-likeness (QED) is 0.685. The van der Waals surface area contributed by atoms with Crippen LogP contribution in [0.15, 0.2) is 12.4 Å². The Kier molecular flexibility index (Phi) is 2.14. The first-order chi connectivity index (χ1) is 6.24. The topological polar surface area (TPSA) is 30.7 Å². The minimum atomic E-state index is 0.376. The van der Waals surface area contributed by atoms with Gasteiger partial charge in [-0.05, 0) is 0 Å². The Labute approximate surface area is 85.3 Å². The lowest BCUT2D eigenvalue weighted by Crippen LogP contribution is -1.94. The van der Waals surface area contributed by atoms with E-state index >= 15 is 0 Å². The summed E-state index contributed by atoms with van der Waals surface area (Å²) >= 11 is 11.7. The number of aryl methyl sites for hydroxylation is 1. The summed E-state index contributed by atoms with van der Waals surface area (Å²) in [6, 6.07) is 0. The molecule has 0 atom stereocenters. The van der Waals surface area contributed by atoms with Crippen molar-refractivity contribution < 1.29 is 0 Å². The second kappa shape index (κ2) is 3.16. The van der Waals surface area contributed by atoms with Crippen molar-refractivity contribution in [2.75, 3.05) is 0 Å². The molecule has 13 heavy (non-hydrogen) atoms. The van der Waals surface area contributed by atoms with Crippen molar-refractivity contribution in [3.8, 4) is 0 Å². The van der Waals surface area contributed by atoms with Crippen molar-refractivity contribution in [2.24, 2.45) is 7.05 Å². The van der Waals surface area contributed by atoms with Crippen molar-refractivity contribution in [1.82, 2.24) is 14.5 Å². The fraction of sp³-hybridized carbons (Fsp3) is 0.250. The van der Waals surface area contributed by atoms with E-state index in [0.717, 1.165) is 16.9 Å². The molecule has 2 heterocycles. The van der Waals surface area contributed by atoms with E-state index < -0.39 is 0 Å². The molecule has 3 nitrogen and oxygen atoms in total. The summed E-state index contributed by atoms with van der Waals surface area (Å²) in [5, 5.41) is 0.601. The van der Waals surface area contributed by atoms with Crippen LogP contribution in [0.1, 0.15) is 5.82 Å². The zero-order chi connectivity index (χ0) is 9.42. The molecule has 2 aromatic heterocycles. The van der Waals surface area contributed by atoms with E-state index in [1.165, 1.54) is 0 Å². The highest BCUT2D eigenvalue weighted by Gasteiger charge is 2.09. The number of rotatable bonds is 1. The molecule has 0 spiro atoms. The van der Waals surface area contributed by atoms with E-state index in [-0.39, 0.29) is 0 Å². The fourth-order valence-corrected chi connectivity index (χ4v) is 1.81. The van der Waals surface area contributed by atoms with Crippen LogP contribution >= 0.6 is 23.2 Å². The summed E-state index contributed by atoms with van der Waals surface area (Å²) in [5.41, 5.74) is 1.66. The SMILES string of the molecule is Cn1c(CCl)nc2cncc(Cl)c21. The van der Waals surface area contributed by atoms with Gasteiger partial charge in [0.2, 0.25) is 0 Å². The molecule has 0 saturated carbocycles. The predicted molar refractivity (Wildman–Crippen MR) is 53.1 cm³/mol. The van der Waals surface area contributed by atoms with E-state index in [9.17, 15) is 0 Å². The maximum atomic E-state index is 5.97. The summed E-state index contributed by atoms with van der Waals surface area (Å²) in [5.74, 6) is 1.17. The Bertz CT molecular complexity index is 450. The van der Waals surface area contributed by atoms with Crippen LogP contribution in [-0.4, -0.2) is 14.5 Å². The van der Waals surface area contributed by atoms with Gasteiger partial charge in [0.05, 0.1) is 22.6 Å². The molecular weight excluding hydrogens is 209 g/mol. The van der Waals surface area contributed by atoms with Crippen LogP contribution in [0.3, 0.4) is 0 Å². The lowest BCUT2D eigenvalue weighted by Gasteiger charge is -1.98. The molecule has 0 N–H and O–H groups in total. The minimum Gasteiger partial charge on any atom is -0.329 e. The van der Waals surface area contributed by atoms with E-state index in [2.05, 4.69) is 9.97 Å². The van der Waals surface area contributed by atoms with Crippen LogP contribution in [0, 0.1) is 0 Å². The first-order valence-electron chi connectivity index (χ1n) is 3.75. The average Bonchev–Trinajstić information content (AvgIpc) is 2.44. The van der Waals surface area contributed by atoms with Gasteiger partial charge in [-0.2, -0.15) is 0 Å². The summed E-state index contributed by atoms with van der Waals surface area (Å²) < 4.78 is 1.88. The van der Waals surface area contributed by atoms with Gasteiger partial charge in [0, 0.05) is 13.2 Å². The van der Waals surface area contributed by atoms with E-state index in [0.29, 0.717) is 10.9 Å². The van der Waals surface area contributed by atoms with E-state index in [1.807, 2.05) is 11.6 Å². The Morgan fingerprint density at radius 2 is 2.23 bits per heavy atom. The fourth-order valence-electron chi connectivity index (χ4n) is 1.29. The standard InChI is InChI=1S/C8H7Cl2N3/c1-13-7(2-9)12-6-4-11-3-5(10)8(6)13/h3-4H,2H2,1H3. The highest BCUT2D eigenvalue weighted by atomic mass is 35.5. The van der Waals surface area contributed by atoms with Crippen molar-refractivity contribution in [3.63, 3.8) is 0 Å². The van der Waals surface area contributed by atoms with Gasteiger partial charge in [-0.1, -0.05) is 11.6 Å². The molecule has 0 fully saturated rings. The largest absolute Gasteiger partial charge is 0.329 e.